The molecule has 2 aromatic rings. The minimum Gasteiger partial charge on any atom is -0.469 e. The third-order valence-electron chi connectivity index (χ3n) is 4.54. The van der Waals surface area contributed by atoms with E-state index in [-0.39, 0.29) is 6.03 Å². The summed E-state index contributed by atoms with van der Waals surface area (Å²) < 4.78 is 11.2. The number of urea groups is 1. The maximum absolute atomic E-state index is 12.8. The number of ether oxygens (including phenoxy) is 2. The van der Waals surface area contributed by atoms with Crippen molar-refractivity contribution in [2.75, 3.05) is 25.1 Å². The average Bonchev–Trinajstić information content (AvgIpc) is 3.18. The molecule has 29 heavy (non-hydrogen) atoms. The van der Waals surface area contributed by atoms with Gasteiger partial charge in [-0.1, -0.05) is 37.5 Å². The van der Waals surface area contributed by atoms with E-state index in [1.165, 1.54) is 10.5 Å². The first-order valence-corrected chi connectivity index (χ1v) is 10.7. The lowest BCUT2D eigenvalue weighted by Crippen LogP contribution is -2.54. The quantitative estimate of drug-likeness (QED) is 0.608. The number of carbonyl (C=O) groups excluding carboxylic acids is 2. The zero-order valence-electron chi connectivity index (χ0n) is 17.0. The summed E-state index contributed by atoms with van der Waals surface area (Å²) in [6.45, 7) is 5.12. The second-order valence-corrected chi connectivity index (χ2v) is 7.79. The molecule has 1 aromatic heterocycles. The number of hydrogen-bond acceptors (Lipinski definition) is 7. The minimum absolute atomic E-state index is 0.287. The van der Waals surface area contributed by atoms with Crippen molar-refractivity contribution in [3.05, 3.63) is 35.4 Å². The Morgan fingerprint density at radius 2 is 1.97 bits per heavy atom. The van der Waals surface area contributed by atoms with Crippen LogP contribution in [0.15, 0.2) is 24.3 Å². The van der Waals surface area contributed by atoms with Crippen LogP contribution in [0.4, 0.5) is 9.93 Å². The fourth-order valence-corrected chi connectivity index (χ4v) is 3.74. The molecular weight excluding hydrogens is 392 g/mol. The van der Waals surface area contributed by atoms with E-state index < -0.39 is 12.2 Å². The number of aromatic nitrogens is 2. The van der Waals surface area contributed by atoms with Crippen molar-refractivity contribution in [2.24, 2.45) is 0 Å². The number of aryl methyl sites for hydroxylation is 1. The van der Waals surface area contributed by atoms with Crippen LogP contribution in [0.1, 0.15) is 49.0 Å². The lowest BCUT2D eigenvalue weighted by molar-refractivity contribution is 0.0229. The Morgan fingerprint density at radius 1 is 1.21 bits per heavy atom. The van der Waals surface area contributed by atoms with Crippen LogP contribution < -0.4 is 9.64 Å². The lowest BCUT2D eigenvalue weighted by Gasteiger charge is -2.37. The summed E-state index contributed by atoms with van der Waals surface area (Å²) in [6.07, 6.45) is 2.59. The number of carbonyl (C=O) groups is 2. The summed E-state index contributed by atoms with van der Waals surface area (Å²) >= 11 is 1.16. The van der Waals surface area contributed by atoms with Crippen LogP contribution in [0, 0.1) is 0 Å². The number of anilines is 1. The summed E-state index contributed by atoms with van der Waals surface area (Å²) in [5.41, 5.74) is 1.63. The monoisotopic (exact) mass is 418 g/mol. The Balaban J connectivity index is 1.75. The van der Waals surface area contributed by atoms with Gasteiger partial charge in [-0.3, -0.25) is 0 Å². The molecule has 9 heteroatoms. The van der Waals surface area contributed by atoms with Crippen LogP contribution in [0.5, 0.6) is 5.19 Å². The van der Waals surface area contributed by atoms with Gasteiger partial charge < -0.3 is 14.4 Å². The van der Waals surface area contributed by atoms with E-state index in [0.29, 0.717) is 35.5 Å². The maximum Gasteiger partial charge on any atom is 0.340 e. The van der Waals surface area contributed by atoms with Crippen LogP contribution in [0.25, 0.3) is 0 Å². The molecule has 1 aliphatic heterocycles. The summed E-state index contributed by atoms with van der Waals surface area (Å²) in [7, 11) is 1.70. The zero-order valence-corrected chi connectivity index (χ0v) is 17.8. The van der Waals surface area contributed by atoms with Gasteiger partial charge in [0.1, 0.15) is 0 Å². The van der Waals surface area contributed by atoms with Crippen LogP contribution in [0.2, 0.25) is 0 Å². The first-order valence-electron chi connectivity index (χ1n) is 9.84. The van der Waals surface area contributed by atoms with E-state index in [1.807, 2.05) is 19.1 Å². The van der Waals surface area contributed by atoms with Gasteiger partial charge in [-0.15, -0.1) is 5.10 Å². The largest absolute Gasteiger partial charge is 0.469 e. The maximum atomic E-state index is 12.8. The van der Waals surface area contributed by atoms with E-state index >= 15 is 0 Å². The molecule has 2 heterocycles. The third kappa shape index (κ3) is 5.03. The highest BCUT2D eigenvalue weighted by atomic mass is 32.1. The molecule has 156 valence electrons. The topological polar surface area (TPSA) is 84.9 Å². The number of hydrogen-bond donors (Lipinski definition) is 0. The Morgan fingerprint density at radius 3 is 2.66 bits per heavy atom. The first-order chi connectivity index (χ1) is 14.0. The molecule has 0 radical (unpaired) electrons. The van der Waals surface area contributed by atoms with Gasteiger partial charge in [0.25, 0.3) is 5.19 Å². The highest BCUT2D eigenvalue weighted by molar-refractivity contribution is 7.17. The van der Waals surface area contributed by atoms with Gasteiger partial charge in [-0.05, 0) is 41.9 Å². The van der Waals surface area contributed by atoms with Crippen molar-refractivity contribution < 1.29 is 19.1 Å². The summed E-state index contributed by atoms with van der Waals surface area (Å²) in [4.78, 5) is 28.4. The number of benzene rings is 1. The molecule has 0 N–H and O–H groups in total. The molecule has 1 unspecified atom stereocenters. The average molecular weight is 419 g/mol. The normalized spacial score (nSPS) is 16.8. The second-order valence-electron chi connectivity index (χ2n) is 6.87. The van der Waals surface area contributed by atoms with Gasteiger partial charge in [0.15, 0.2) is 6.23 Å². The van der Waals surface area contributed by atoms with Crippen molar-refractivity contribution >= 4 is 28.5 Å². The van der Waals surface area contributed by atoms with Gasteiger partial charge in [0.2, 0.25) is 5.13 Å². The molecule has 0 aliphatic carbocycles. The van der Waals surface area contributed by atoms with Crippen molar-refractivity contribution in [3.63, 3.8) is 0 Å². The van der Waals surface area contributed by atoms with E-state index in [1.54, 1.807) is 24.1 Å². The van der Waals surface area contributed by atoms with E-state index in [9.17, 15) is 9.59 Å². The standard InChI is InChI=1S/C20H26N4O4S/c1-4-6-14-7-9-15(10-8-14)17(25)28-16-11-12-23(3)20(26)24(16)18-21-22-19(29-18)27-13-5-2/h7-10,16H,4-6,11-13H2,1-3H3. The Labute approximate surface area is 174 Å². The van der Waals surface area contributed by atoms with Crippen LogP contribution >= 0.6 is 11.3 Å². The summed E-state index contributed by atoms with van der Waals surface area (Å²) in [6, 6.07) is 7.09. The fraction of sp³-hybridized carbons (Fsp3) is 0.500. The first kappa shape index (κ1) is 21.0. The van der Waals surface area contributed by atoms with Crippen LogP contribution in [0.3, 0.4) is 0 Å². The zero-order chi connectivity index (χ0) is 20.8. The Bertz CT molecular complexity index is 839. The van der Waals surface area contributed by atoms with Crippen LogP contribution in [-0.2, 0) is 11.2 Å². The molecule has 1 atom stereocenters. The Hall–Kier alpha value is -2.68. The van der Waals surface area contributed by atoms with Crippen molar-refractivity contribution in [2.45, 2.75) is 45.8 Å². The van der Waals surface area contributed by atoms with Crippen LogP contribution in [-0.4, -0.2) is 53.5 Å². The molecular formula is C20H26N4O4S. The molecule has 2 amide bonds. The van der Waals surface area contributed by atoms with Gasteiger partial charge in [-0.25, -0.2) is 14.5 Å². The van der Waals surface area contributed by atoms with E-state index in [2.05, 4.69) is 17.1 Å². The smallest absolute Gasteiger partial charge is 0.340 e. The molecule has 0 spiro atoms. The molecule has 1 saturated heterocycles. The van der Waals surface area contributed by atoms with E-state index in [0.717, 1.165) is 30.6 Å². The fourth-order valence-electron chi connectivity index (χ4n) is 2.99. The molecule has 0 bridgehead atoms. The molecule has 1 aromatic carbocycles. The second kappa shape index (κ2) is 9.69. The lowest BCUT2D eigenvalue weighted by atomic mass is 10.1. The molecule has 3 rings (SSSR count). The molecule has 0 saturated carbocycles. The Kier molecular flexibility index (Phi) is 7.03. The van der Waals surface area contributed by atoms with E-state index in [4.69, 9.17) is 9.47 Å². The predicted molar refractivity (Wildman–Crippen MR) is 110 cm³/mol. The number of amides is 2. The number of rotatable bonds is 8. The SMILES string of the molecule is CCCOc1nnc(N2C(=O)N(C)CCC2OC(=O)c2ccc(CCC)cc2)s1. The molecule has 1 fully saturated rings. The highest BCUT2D eigenvalue weighted by Gasteiger charge is 2.37. The third-order valence-corrected chi connectivity index (χ3v) is 5.37. The van der Waals surface area contributed by atoms with Gasteiger partial charge in [-0.2, -0.15) is 0 Å². The van der Waals surface area contributed by atoms with Gasteiger partial charge in [0.05, 0.1) is 12.2 Å². The van der Waals surface area contributed by atoms with Crippen molar-refractivity contribution in [1.82, 2.24) is 15.1 Å². The molecule has 1 aliphatic rings. The number of esters is 1. The van der Waals surface area contributed by atoms with Crippen molar-refractivity contribution in [3.8, 4) is 5.19 Å². The minimum atomic E-state index is -0.742. The summed E-state index contributed by atoms with van der Waals surface area (Å²) in [5, 5.41) is 8.79. The van der Waals surface area contributed by atoms with Gasteiger partial charge >= 0.3 is 12.0 Å². The summed E-state index contributed by atoms with van der Waals surface area (Å²) in [5.74, 6) is -0.465. The molecule has 8 nitrogen and oxygen atoms in total. The predicted octanol–water partition coefficient (Wildman–Crippen LogP) is 3.72. The number of nitrogens with zero attached hydrogens (tertiary/aromatic N) is 4. The van der Waals surface area contributed by atoms with Crippen molar-refractivity contribution in [1.29, 1.82) is 0 Å². The van der Waals surface area contributed by atoms with Gasteiger partial charge in [0, 0.05) is 20.0 Å². The highest BCUT2D eigenvalue weighted by Crippen LogP contribution is 2.31.